The number of nitrogens with zero attached hydrogens (tertiary/aromatic N) is 1. The van der Waals surface area contributed by atoms with Crippen LogP contribution in [0, 0.1) is 6.92 Å². The van der Waals surface area contributed by atoms with Crippen LogP contribution in [-0.4, -0.2) is 39.1 Å². The van der Waals surface area contributed by atoms with Gasteiger partial charge in [-0.15, -0.1) is 11.3 Å². The van der Waals surface area contributed by atoms with Crippen LogP contribution in [0.3, 0.4) is 0 Å². The molecule has 1 aromatic rings. The predicted molar refractivity (Wildman–Crippen MR) is 84.3 cm³/mol. The summed E-state index contributed by atoms with van der Waals surface area (Å²) in [6.45, 7) is 6.59. The standard InChI is InChI=1S/C14H22N2O2S2/c1-9-5-6-12(19-9)13-15-11(3)14(17)16(13)8-7-10(2)20(4)18/h5-6,10-11,13,15H,7-8H2,1-4H3. The molecule has 0 aromatic carbocycles. The molecule has 0 spiro atoms. The minimum Gasteiger partial charge on any atom is -0.321 e. The normalized spacial score (nSPS) is 26.0. The summed E-state index contributed by atoms with van der Waals surface area (Å²) in [6.07, 6.45) is 2.45. The summed E-state index contributed by atoms with van der Waals surface area (Å²) in [7, 11) is -0.838. The number of carbonyl (C=O) groups excluding carboxylic acids is 1. The Balaban J connectivity index is 2.10. The van der Waals surface area contributed by atoms with Crippen molar-refractivity contribution >= 4 is 28.0 Å². The third kappa shape index (κ3) is 3.30. The van der Waals surface area contributed by atoms with Crippen LogP contribution in [0.1, 0.15) is 36.2 Å². The monoisotopic (exact) mass is 314 g/mol. The van der Waals surface area contributed by atoms with E-state index in [9.17, 15) is 9.00 Å². The Morgan fingerprint density at radius 1 is 1.50 bits per heavy atom. The van der Waals surface area contributed by atoms with Gasteiger partial charge in [0.2, 0.25) is 5.91 Å². The average molecular weight is 314 g/mol. The van der Waals surface area contributed by atoms with Crippen LogP contribution in [0.25, 0.3) is 0 Å². The molecule has 4 nitrogen and oxygen atoms in total. The molecule has 6 heteroatoms. The van der Waals surface area contributed by atoms with Crippen molar-refractivity contribution in [1.29, 1.82) is 0 Å². The molecule has 4 unspecified atom stereocenters. The number of nitrogens with one attached hydrogen (secondary N) is 1. The Bertz CT molecular complexity index is 515. The molecule has 20 heavy (non-hydrogen) atoms. The molecular formula is C14H22N2O2S2. The van der Waals surface area contributed by atoms with E-state index in [0.29, 0.717) is 6.54 Å². The summed E-state index contributed by atoms with van der Waals surface area (Å²) in [6, 6.07) is 4.01. The van der Waals surface area contributed by atoms with Gasteiger partial charge in [-0.05, 0) is 32.4 Å². The molecule has 0 radical (unpaired) electrons. The summed E-state index contributed by atoms with van der Waals surface area (Å²) >= 11 is 1.72. The van der Waals surface area contributed by atoms with E-state index < -0.39 is 10.8 Å². The lowest BCUT2D eigenvalue weighted by atomic mass is 10.2. The quantitative estimate of drug-likeness (QED) is 0.905. The van der Waals surface area contributed by atoms with E-state index in [1.165, 1.54) is 9.75 Å². The number of aryl methyl sites for hydroxylation is 1. The second kappa shape index (κ2) is 6.37. The Labute approximate surface area is 127 Å². The summed E-state index contributed by atoms with van der Waals surface area (Å²) in [5.74, 6) is 0.134. The van der Waals surface area contributed by atoms with Crippen LogP contribution < -0.4 is 5.32 Å². The molecule has 1 aromatic heterocycles. The smallest absolute Gasteiger partial charge is 0.241 e. The van der Waals surface area contributed by atoms with Crippen LogP contribution >= 0.6 is 11.3 Å². The molecule has 1 N–H and O–H groups in total. The van der Waals surface area contributed by atoms with Crippen molar-refractivity contribution in [3.05, 3.63) is 21.9 Å². The maximum absolute atomic E-state index is 12.3. The highest BCUT2D eigenvalue weighted by Crippen LogP contribution is 2.30. The van der Waals surface area contributed by atoms with E-state index >= 15 is 0 Å². The van der Waals surface area contributed by atoms with Crippen molar-refractivity contribution in [2.75, 3.05) is 12.8 Å². The summed E-state index contributed by atoms with van der Waals surface area (Å²) in [5, 5.41) is 3.46. The third-order valence-corrected chi connectivity index (χ3v) is 6.17. The van der Waals surface area contributed by atoms with Crippen molar-refractivity contribution < 1.29 is 9.00 Å². The molecule has 1 saturated heterocycles. The van der Waals surface area contributed by atoms with Crippen LogP contribution in [0.5, 0.6) is 0 Å². The average Bonchev–Trinajstić information content (AvgIpc) is 2.93. The van der Waals surface area contributed by atoms with Gasteiger partial charge >= 0.3 is 0 Å². The van der Waals surface area contributed by atoms with Crippen molar-refractivity contribution in [2.24, 2.45) is 0 Å². The second-order valence-corrected chi connectivity index (χ2v) is 8.49. The number of hydrogen-bond acceptors (Lipinski definition) is 4. The lowest BCUT2D eigenvalue weighted by molar-refractivity contribution is -0.129. The highest BCUT2D eigenvalue weighted by Gasteiger charge is 2.37. The fraction of sp³-hybridized carbons (Fsp3) is 0.643. The predicted octanol–water partition coefficient (Wildman–Crippen LogP) is 2.03. The van der Waals surface area contributed by atoms with Gasteiger partial charge < -0.3 is 4.90 Å². The van der Waals surface area contributed by atoms with Crippen LogP contribution in [0.15, 0.2) is 12.1 Å². The van der Waals surface area contributed by atoms with Gasteiger partial charge in [-0.25, -0.2) is 0 Å². The van der Waals surface area contributed by atoms with E-state index in [2.05, 4.69) is 24.4 Å². The van der Waals surface area contributed by atoms with Gasteiger partial charge in [0.15, 0.2) is 0 Å². The fourth-order valence-electron chi connectivity index (χ4n) is 2.34. The molecule has 2 heterocycles. The molecule has 2 rings (SSSR count). The third-order valence-electron chi connectivity index (χ3n) is 3.75. The topological polar surface area (TPSA) is 49.4 Å². The highest BCUT2D eigenvalue weighted by molar-refractivity contribution is 7.84. The maximum Gasteiger partial charge on any atom is 0.241 e. The van der Waals surface area contributed by atoms with E-state index in [1.54, 1.807) is 17.6 Å². The number of rotatable bonds is 5. The largest absolute Gasteiger partial charge is 0.321 e. The van der Waals surface area contributed by atoms with Crippen LogP contribution in [0.4, 0.5) is 0 Å². The van der Waals surface area contributed by atoms with E-state index in [-0.39, 0.29) is 23.4 Å². The van der Waals surface area contributed by atoms with Gasteiger partial charge in [0.25, 0.3) is 0 Å². The Kier molecular flexibility index (Phi) is 4.99. The first kappa shape index (κ1) is 15.7. The molecule has 0 saturated carbocycles. The molecule has 1 aliphatic rings. The molecule has 0 bridgehead atoms. The van der Waals surface area contributed by atoms with Gasteiger partial charge in [-0.1, -0.05) is 6.92 Å². The Morgan fingerprint density at radius 3 is 2.75 bits per heavy atom. The van der Waals surface area contributed by atoms with E-state index in [4.69, 9.17) is 0 Å². The van der Waals surface area contributed by atoms with Gasteiger partial charge in [0.05, 0.1) is 6.04 Å². The van der Waals surface area contributed by atoms with Crippen LogP contribution in [-0.2, 0) is 15.6 Å². The molecule has 4 atom stereocenters. The molecule has 1 amide bonds. The lowest BCUT2D eigenvalue weighted by Crippen LogP contribution is -2.33. The first-order valence-corrected chi connectivity index (χ1v) is 9.29. The van der Waals surface area contributed by atoms with Crippen LogP contribution in [0.2, 0.25) is 0 Å². The highest BCUT2D eigenvalue weighted by atomic mass is 32.2. The summed E-state index contributed by atoms with van der Waals surface area (Å²) in [4.78, 5) is 16.6. The zero-order valence-electron chi connectivity index (χ0n) is 12.4. The number of hydrogen-bond donors (Lipinski definition) is 1. The Hall–Kier alpha value is -0.720. The van der Waals surface area contributed by atoms with E-state index in [0.717, 1.165) is 6.42 Å². The SMILES string of the molecule is Cc1ccc(C2NC(C)C(=O)N2CCC(C)S(C)=O)s1. The summed E-state index contributed by atoms with van der Waals surface area (Å²) in [5.41, 5.74) is 0. The van der Waals surface area contributed by atoms with Crippen molar-refractivity contribution in [2.45, 2.75) is 44.6 Å². The first-order valence-electron chi connectivity index (χ1n) is 6.85. The molecule has 1 aliphatic heterocycles. The maximum atomic E-state index is 12.3. The summed E-state index contributed by atoms with van der Waals surface area (Å²) < 4.78 is 11.4. The lowest BCUT2D eigenvalue weighted by Gasteiger charge is -2.24. The fourth-order valence-corrected chi connectivity index (χ4v) is 3.72. The first-order chi connectivity index (χ1) is 9.40. The zero-order valence-corrected chi connectivity index (χ0v) is 14.0. The van der Waals surface area contributed by atoms with Crippen molar-refractivity contribution in [3.63, 3.8) is 0 Å². The van der Waals surface area contributed by atoms with Gasteiger partial charge in [-0.3, -0.25) is 14.3 Å². The van der Waals surface area contributed by atoms with Gasteiger partial charge in [0, 0.05) is 38.6 Å². The molecule has 112 valence electrons. The molecule has 1 fully saturated rings. The van der Waals surface area contributed by atoms with E-state index in [1.807, 2.05) is 18.7 Å². The van der Waals surface area contributed by atoms with Crippen molar-refractivity contribution in [3.8, 4) is 0 Å². The van der Waals surface area contributed by atoms with Gasteiger partial charge in [-0.2, -0.15) is 0 Å². The second-order valence-electron chi connectivity index (χ2n) is 5.37. The molecular weight excluding hydrogens is 292 g/mol. The Morgan fingerprint density at radius 2 is 2.20 bits per heavy atom. The number of carbonyl (C=O) groups is 1. The minimum absolute atomic E-state index is 0.0336. The van der Waals surface area contributed by atoms with Gasteiger partial charge in [0.1, 0.15) is 6.17 Å². The number of thiophene rings is 1. The number of amides is 1. The molecule has 0 aliphatic carbocycles. The minimum atomic E-state index is -0.838. The van der Waals surface area contributed by atoms with Crippen molar-refractivity contribution in [1.82, 2.24) is 10.2 Å². The zero-order chi connectivity index (χ0) is 14.9.